The predicted octanol–water partition coefficient (Wildman–Crippen LogP) is 8.11. The molecule has 3 aromatic rings. The van der Waals surface area contributed by atoms with E-state index >= 15 is 0 Å². The molecule has 0 nitrogen and oxygen atoms in total. The summed E-state index contributed by atoms with van der Waals surface area (Å²) in [6, 6.07) is 22.5. The van der Waals surface area contributed by atoms with E-state index in [2.05, 4.69) is 59.9 Å². The van der Waals surface area contributed by atoms with Crippen LogP contribution in [0.2, 0.25) is 0 Å². The molecule has 0 saturated carbocycles. The first kappa shape index (κ1) is 28.4. The Kier molecular flexibility index (Phi) is 17.2. The van der Waals surface area contributed by atoms with Crippen molar-refractivity contribution in [1.29, 1.82) is 0 Å². The maximum atomic E-state index is 7.08. The fourth-order valence-electron chi connectivity index (χ4n) is 2.63. The number of aryl methyl sites for hydroxylation is 1. The van der Waals surface area contributed by atoms with Crippen molar-refractivity contribution in [2.24, 2.45) is 0 Å². The summed E-state index contributed by atoms with van der Waals surface area (Å²) in [5, 5.41) is 2.25. The van der Waals surface area contributed by atoms with Crippen molar-refractivity contribution >= 4 is 26.1 Å². The minimum Gasteiger partial charge on any atom is -0.366 e. The van der Waals surface area contributed by atoms with E-state index in [0.29, 0.717) is 0 Å². The first-order valence-electron chi connectivity index (χ1n) is 10.5. The summed E-state index contributed by atoms with van der Waals surface area (Å²) in [5.74, 6) is 2.42. The summed E-state index contributed by atoms with van der Waals surface area (Å²) in [6.45, 7) is 8.09. The third kappa shape index (κ3) is 11.0. The molecule has 0 aromatic heterocycles. The quantitative estimate of drug-likeness (QED) is 0.0885. The van der Waals surface area contributed by atoms with E-state index in [9.17, 15) is 0 Å². The van der Waals surface area contributed by atoms with Gasteiger partial charge >= 0.3 is 22.4 Å². The summed E-state index contributed by atoms with van der Waals surface area (Å²) in [5.41, 5.74) is 3.49. The molecule has 30 heavy (non-hydrogen) atoms. The zero-order chi connectivity index (χ0) is 21.3. The zero-order valence-electron chi connectivity index (χ0n) is 18.3. The molecule has 2 heteroatoms. The van der Waals surface area contributed by atoms with Crippen LogP contribution in [-0.2, 0) is 28.8 Å². The fourth-order valence-corrected chi connectivity index (χ4v) is 2.92. The SMILES string of the molecule is C=Cc1ccc(CCCCP)cc1.CCCC.[Au+].[C-]#Cc1cccc2ccccc12. The summed E-state index contributed by atoms with van der Waals surface area (Å²) in [7, 11) is 2.77. The van der Waals surface area contributed by atoms with Crippen molar-refractivity contribution in [3.63, 3.8) is 0 Å². The summed E-state index contributed by atoms with van der Waals surface area (Å²) < 4.78 is 0. The molecule has 0 spiro atoms. The van der Waals surface area contributed by atoms with Crippen LogP contribution in [0.4, 0.5) is 0 Å². The van der Waals surface area contributed by atoms with Gasteiger partial charge in [-0.1, -0.05) is 105 Å². The number of benzene rings is 3. The molecule has 0 saturated heterocycles. The molecule has 0 fully saturated rings. The average molecular weight is 599 g/mol. The third-order valence-electron chi connectivity index (χ3n) is 4.56. The van der Waals surface area contributed by atoms with Crippen molar-refractivity contribution in [3.05, 3.63) is 96.4 Å². The van der Waals surface area contributed by atoms with Crippen LogP contribution in [0.1, 0.15) is 56.2 Å². The predicted molar refractivity (Wildman–Crippen MR) is 135 cm³/mol. The van der Waals surface area contributed by atoms with Crippen LogP contribution in [0.15, 0.2) is 73.3 Å². The minimum absolute atomic E-state index is 0. The van der Waals surface area contributed by atoms with Crippen LogP contribution in [0.3, 0.4) is 0 Å². The first-order chi connectivity index (χ1) is 14.2. The van der Waals surface area contributed by atoms with E-state index in [0.717, 1.165) is 16.3 Å². The zero-order valence-corrected chi connectivity index (χ0v) is 21.6. The summed E-state index contributed by atoms with van der Waals surface area (Å²) in [4.78, 5) is 0. The number of fused-ring (bicyclic) bond motifs is 1. The Morgan fingerprint density at radius 1 is 0.900 bits per heavy atom. The van der Waals surface area contributed by atoms with Gasteiger partial charge in [-0.25, -0.2) is 0 Å². The number of hydrogen-bond donors (Lipinski definition) is 0. The van der Waals surface area contributed by atoms with Gasteiger partial charge in [0.15, 0.2) is 0 Å². The Morgan fingerprint density at radius 2 is 1.53 bits per heavy atom. The van der Waals surface area contributed by atoms with Gasteiger partial charge in [0.25, 0.3) is 0 Å². The van der Waals surface area contributed by atoms with Gasteiger partial charge in [-0.2, -0.15) is 0 Å². The van der Waals surface area contributed by atoms with Gasteiger partial charge < -0.3 is 6.42 Å². The van der Waals surface area contributed by atoms with E-state index in [1.165, 1.54) is 49.4 Å². The maximum Gasteiger partial charge on any atom is 1.00 e. The Morgan fingerprint density at radius 3 is 2.10 bits per heavy atom. The van der Waals surface area contributed by atoms with Crippen LogP contribution in [-0.4, -0.2) is 6.16 Å². The molecular weight excluding hydrogens is 564 g/mol. The minimum atomic E-state index is 0. The first-order valence-corrected chi connectivity index (χ1v) is 11.3. The van der Waals surface area contributed by atoms with Gasteiger partial charge in [-0.15, -0.1) is 20.9 Å². The molecule has 0 radical (unpaired) electrons. The molecule has 1 atom stereocenters. The monoisotopic (exact) mass is 598 g/mol. The fraction of sp³-hybridized carbons (Fsp3) is 0.286. The maximum absolute atomic E-state index is 7.08. The molecule has 0 aliphatic carbocycles. The summed E-state index contributed by atoms with van der Waals surface area (Å²) >= 11 is 0. The molecular formula is C28H34AuP. The van der Waals surface area contributed by atoms with Crippen molar-refractivity contribution < 1.29 is 22.4 Å². The van der Waals surface area contributed by atoms with Gasteiger partial charge in [-0.05, 0) is 41.9 Å². The molecule has 0 N–H and O–H groups in total. The molecule has 3 rings (SSSR count). The molecule has 0 aliphatic rings. The number of hydrogen-bond acceptors (Lipinski definition) is 0. The Balaban J connectivity index is 0.000000465. The second-order valence-corrected chi connectivity index (χ2v) is 7.42. The van der Waals surface area contributed by atoms with E-state index < -0.39 is 0 Å². The average Bonchev–Trinajstić information content (AvgIpc) is 2.80. The molecule has 0 amide bonds. The van der Waals surface area contributed by atoms with Crippen LogP contribution in [0.5, 0.6) is 0 Å². The topological polar surface area (TPSA) is 0 Å². The molecule has 162 valence electrons. The molecule has 0 heterocycles. The standard InChI is InChI=1S/C12H17P.C12H7.C4H10.Au/c1-2-11-6-8-12(9-7-11)5-3-4-10-13;1-2-10-7-5-8-11-6-3-4-9-12(10)11;1-3-4-2;/h2,6-9H,1,3-5,10,13H2;3-9H;3-4H2,1-2H3;/q;-1;;+1. The largest absolute Gasteiger partial charge is 1.00 e. The van der Waals surface area contributed by atoms with Crippen LogP contribution < -0.4 is 0 Å². The molecule has 0 aliphatic heterocycles. The van der Waals surface area contributed by atoms with Gasteiger partial charge in [-0.3, -0.25) is 5.92 Å². The van der Waals surface area contributed by atoms with Crippen molar-refractivity contribution in [2.45, 2.75) is 46.0 Å². The Bertz CT molecular complexity index is 868. The van der Waals surface area contributed by atoms with Gasteiger partial charge in [0.1, 0.15) is 0 Å². The van der Waals surface area contributed by atoms with E-state index in [1.807, 2.05) is 48.5 Å². The molecule has 3 aromatic carbocycles. The van der Waals surface area contributed by atoms with E-state index in [4.69, 9.17) is 6.42 Å². The third-order valence-corrected chi connectivity index (χ3v) is 4.97. The van der Waals surface area contributed by atoms with Crippen LogP contribution in [0.25, 0.3) is 16.8 Å². The normalized spacial score (nSPS) is 9.13. The van der Waals surface area contributed by atoms with Gasteiger partial charge in [0.05, 0.1) is 0 Å². The number of rotatable bonds is 6. The summed E-state index contributed by atoms with van der Waals surface area (Å²) in [6.07, 6.45) is 16.6. The van der Waals surface area contributed by atoms with E-state index in [1.54, 1.807) is 0 Å². The van der Waals surface area contributed by atoms with Gasteiger partial charge in [0.2, 0.25) is 0 Å². The van der Waals surface area contributed by atoms with E-state index in [-0.39, 0.29) is 22.4 Å². The van der Waals surface area contributed by atoms with Gasteiger partial charge in [0, 0.05) is 0 Å². The Labute approximate surface area is 202 Å². The van der Waals surface area contributed by atoms with Crippen molar-refractivity contribution in [1.82, 2.24) is 0 Å². The second kappa shape index (κ2) is 18.2. The van der Waals surface area contributed by atoms with Crippen LogP contribution >= 0.6 is 9.24 Å². The second-order valence-electron chi connectivity index (χ2n) is 6.84. The number of unbranched alkanes of at least 4 members (excludes halogenated alkanes) is 2. The molecule has 0 bridgehead atoms. The molecule has 1 unspecified atom stereocenters. The Hall–Kier alpha value is -1.61. The van der Waals surface area contributed by atoms with Crippen LogP contribution in [0, 0.1) is 12.3 Å². The van der Waals surface area contributed by atoms with Crippen molar-refractivity contribution in [3.8, 4) is 5.92 Å². The smallest absolute Gasteiger partial charge is 0.366 e. The van der Waals surface area contributed by atoms with Crippen molar-refractivity contribution in [2.75, 3.05) is 6.16 Å².